The molecule has 33 heavy (non-hydrogen) atoms. The Labute approximate surface area is 186 Å². The number of hydrogen-bond donors (Lipinski definition) is 2. The summed E-state index contributed by atoms with van der Waals surface area (Å²) >= 11 is 0. The number of nitrogens with zero attached hydrogens (tertiary/aromatic N) is 3. The zero-order chi connectivity index (χ0) is 23.6. The van der Waals surface area contributed by atoms with Gasteiger partial charge in [-0.3, -0.25) is 4.98 Å². The number of carbonyl (C=O) groups is 1. The van der Waals surface area contributed by atoms with Gasteiger partial charge in [0.25, 0.3) is 0 Å². The summed E-state index contributed by atoms with van der Waals surface area (Å²) in [5, 5.41) is 2.69. The summed E-state index contributed by atoms with van der Waals surface area (Å²) in [6, 6.07) is 4.13. The van der Waals surface area contributed by atoms with Crippen molar-refractivity contribution >= 4 is 11.8 Å². The third kappa shape index (κ3) is 5.93. The molecule has 1 saturated carbocycles. The molecule has 1 aromatic carbocycles. The average molecular weight is 469 g/mol. The normalized spacial score (nSPS) is 18.7. The molecule has 178 valence electrons. The summed E-state index contributed by atoms with van der Waals surface area (Å²) in [5.74, 6) is -0.925. The second-order valence-electron chi connectivity index (χ2n) is 8.10. The van der Waals surface area contributed by atoms with Crippen molar-refractivity contribution in [1.82, 2.24) is 20.2 Å². The van der Waals surface area contributed by atoms with Gasteiger partial charge in [0.05, 0.1) is 6.04 Å². The molecule has 2 N–H and O–H groups in total. The Balaban J connectivity index is 1.40. The van der Waals surface area contributed by atoms with Crippen molar-refractivity contribution in [2.24, 2.45) is 0 Å². The highest BCUT2D eigenvalue weighted by Crippen LogP contribution is 2.32. The number of hydrogen-bond acceptors (Lipinski definition) is 5. The summed E-state index contributed by atoms with van der Waals surface area (Å²) in [7, 11) is 0. The van der Waals surface area contributed by atoms with Crippen LogP contribution in [0.3, 0.4) is 0 Å². The summed E-state index contributed by atoms with van der Waals surface area (Å²) in [6.07, 6.45) is -0.136. The van der Waals surface area contributed by atoms with E-state index in [0.29, 0.717) is 18.4 Å². The number of amides is 2. The number of aromatic nitrogens is 2. The lowest BCUT2D eigenvalue weighted by molar-refractivity contribution is -0.274. The van der Waals surface area contributed by atoms with E-state index >= 15 is 0 Å². The van der Waals surface area contributed by atoms with Gasteiger partial charge in [-0.2, -0.15) is 0 Å². The summed E-state index contributed by atoms with van der Waals surface area (Å²) in [4.78, 5) is 34.6. The lowest BCUT2D eigenvalue weighted by atomic mass is 10.0. The van der Waals surface area contributed by atoms with Gasteiger partial charge in [0, 0.05) is 43.5 Å². The van der Waals surface area contributed by atoms with E-state index < -0.39 is 23.6 Å². The van der Waals surface area contributed by atoms with Crippen molar-refractivity contribution in [3.63, 3.8) is 0 Å². The molecular weight excluding hydrogens is 446 g/mol. The number of halogens is 4. The number of urea groups is 1. The second-order valence-corrected chi connectivity index (χ2v) is 8.10. The maximum Gasteiger partial charge on any atom is 0.573 e. The topological polar surface area (TPSA) is 90.6 Å². The van der Waals surface area contributed by atoms with Crippen LogP contribution >= 0.6 is 0 Å². The molecule has 2 aromatic rings. The zero-order valence-electron chi connectivity index (χ0n) is 17.6. The minimum absolute atomic E-state index is 0.0493. The van der Waals surface area contributed by atoms with E-state index in [1.54, 1.807) is 11.0 Å². The highest BCUT2D eigenvalue weighted by molar-refractivity contribution is 5.75. The monoisotopic (exact) mass is 469 g/mol. The molecule has 1 aliphatic carbocycles. The molecule has 1 aliphatic heterocycles. The number of benzene rings is 1. The molecule has 2 aliphatic rings. The third-order valence-corrected chi connectivity index (χ3v) is 5.65. The van der Waals surface area contributed by atoms with E-state index in [0.717, 1.165) is 44.4 Å². The van der Waals surface area contributed by atoms with Crippen LogP contribution in [0.15, 0.2) is 35.3 Å². The number of rotatable bonds is 6. The van der Waals surface area contributed by atoms with Crippen molar-refractivity contribution in [3.8, 4) is 5.75 Å². The van der Waals surface area contributed by atoms with Gasteiger partial charge in [0.2, 0.25) is 0 Å². The molecule has 0 spiro atoms. The van der Waals surface area contributed by atoms with E-state index in [-0.39, 0.29) is 30.2 Å². The fraction of sp³-hybridized carbons (Fsp3) is 0.476. The van der Waals surface area contributed by atoms with Gasteiger partial charge in [-0.15, -0.1) is 13.2 Å². The number of ether oxygens (including phenoxy) is 1. The number of aromatic amines is 1. The van der Waals surface area contributed by atoms with Crippen molar-refractivity contribution in [2.45, 2.75) is 50.7 Å². The number of anilines is 1. The van der Waals surface area contributed by atoms with E-state index in [1.807, 2.05) is 4.90 Å². The SMILES string of the molecule is O=C(NCc1ccc(OC(F)(F)F)cc1F)N(C1CC1)[C@@H]1CCCN(c2ccnc(=O)[nH]2)C1. The highest BCUT2D eigenvalue weighted by atomic mass is 19.4. The van der Waals surface area contributed by atoms with Crippen molar-refractivity contribution < 1.29 is 27.1 Å². The van der Waals surface area contributed by atoms with Crippen LogP contribution in [-0.4, -0.2) is 52.4 Å². The fourth-order valence-corrected chi connectivity index (χ4v) is 4.06. The predicted octanol–water partition coefficient (Wildman–Crippen LogP) is 3.15. The minimum atomic E-state index is -4.91. The van der Waals surface area contributed by atoms with E-state index in [9.17, 15) is 27.2 Å². The van der Waals surface area contributed by atoms with Crippen LogP contribution in [0.4, 0.5) is 28.2 Å². The lowest BCUT2D eigenvalue weighted by Crippen LogP contribution is -2.54. The van der Waals surface area contributed by atoms with Gasteiger partial charge in [-0.1, -0.05) is 6.07 Å². The number of alkyl halides is 3. The molecule has 0 bridgehead atoms. The Kier molecular flexibility index (Phi) is 6.43. The van der Waals surface area contributed by atoms with E-state index in [2.05, 4.69) is 20.0 Å². The van der Waals surface area contributed by atoms with Crippen LogP contribution in [0.2, 0.25) is 0 Å². The van der Waals surface area contributed by atoms with E-state index in [1.165, 1.54) is 6.20 Å². The van der Waals surface area contributed by atoms with Crippen molar-refractivity contribution in [1.29, 1.82) is 0 Å². The van der Waals surface area contributed by atoms with Crippen LogP contribution in [0.5, 0.6) is 5.75 Å². The summed E-state index contributed by atoms with van der Waals surface area (Å²) < 4.78 is 54.8. The molecule has 1 atom stereocenters. The lowest BCUT2D eigenvalue weighted by Gasteiger charge is -2.40. The Morgan fingerprint density at radius 2 is 2.03 bits per heavy atom. The van der Waals surface area contributed by atoms with Gasteiger partial charge in [-0.25, -0.2) is 19.0 Å². The minimum Gasteiger partial charge on any atom is -0.406 e. The first-order chi connectivity index (χ1) is 15.7. The smallest absolute Gasteiger partial charge is 0.406 e. The van der Waals surface area contributed by atoms with Gasteiger partial charge < -0.3 is 19.9 Å². The van der Waals surface area contributed by atoms with Crippen LogP contribution < -0.4 is 20.6 Å². The Hall–Kier alpha value is -3.31. The largest absolute Gasteiger partial charge is 0.573 e. The average Bonchev–Trinajstić information content (AvgIpc) is 3.57. The van der Waals surface area contributed by atoms with Gasteiger partial charge in [0.15, 0.2) is 0 Å². The van der Waals surface area contributed by atoms with E-state index in [4.69, 9.17) is 0 Å². The van der Waals surface area contributed by atoms with Gasteiger partial charge in [-0.05, 0) is 37.8 Å². The number of H-pyrrole nitrogens is 1. The van der Waals surface area contributed by atoms with Crippen LogP contribution in [0, 0.1) is 5.82 Å². The Morgan fingerprint density at radius 1 is 1.24 bits per heavy atom. The molecular formula is C21H23F4N5O3. The standard InChI is InChI=1S/C21H23F4N5O3/c22-17-10-16(33-21(23,24)25)6-3-13(17)11-27-20(32)30(14-4-5-14)15-2-1-9-29(12-15)18-7-8-26-19(31)28-18/h3,6-8,10,14-15H,1-2,4-5,9,11-12H2,(H,27,32)(H,26,28,31)/t15-/m1/s1. The van der Waals surface area contributed by atoms with Gasteiger partial charge >= 0.3 is 18.1 Å². The molecule has 4 rings (SSSR count). The van der Waals surface area contributed by atoms with Crippen LogP contribution in [0.1, 0.15) is 31.2 Å². The molecule has 0 unspecified atom stereocenters. The second kappa shape index (κ2) is 9.28. The number of carbonyl (C=O) groups excluding carboxylic acids is 1. The molecule has 2 fully saturated rings. The van der Waals surface area contributed by atoms with Gasteiger partial charge in [0.1, 0.15) is 17.4 Å². The van der Waals surface area contributed by atoms with Crippen molar-refractivity contribution in [2.75, 3.05) is 18.0 Å². The number of piperidine rings is 1. The maximum atomic E-state index is 14.2. The van der Waals surface area contributed by atoms with Crippen molar-refractivity contribution in [3.05, 3.63) is 52.3 Å². The maximum absolute atomic E-state index is 14.2. The zero-order valence-corrected chi connectivity index (χ0v) is 17.6. The van der Waals surface area contributed by atoms with Crippen LogP contribution in [-0.2, 0) is 6.54 Å². The predicted molar refractivity (Wildman–Crippen MR) is 110 cm³/mol. The molecule has 2 amide bonds. The first kappa shape index (κ1) is 22.9. The third-order valence-electron chi connectivity index (χ3n) is 5.65. The molecule has 0 radical (unpaired) electrons. The first-order valence-electron chi connectivity index (χ1n) is 10.6. The molecule has 1 saturated heterocycles. The first-order valence-corrected chi connectivity index (χ1v) is 10.6. The molecule has 8 nitrogen and oxygen atoms in total. The summed E-state index contributed by atoms with van der Waals surface area (Å²) in [5.41, 5.74) is -0.395. The molecule has 2 heterocycles. The van der Waals surface area contributed by atoms with Crippen LogP contribution in [0.25, 0.3) is 0 Å². The molecule has 12 heteroatoms. The quantitative estimate of drug-likeness (QED) is 0.635. The number of nitrogens with one attached hydrogen (secondary N) is 2. The Morgan fingerprint density at radius 3 is 2.70 bits per heavy atom. The highest BCUT2D eigenvalue weighted by Gasteiger charge is 2.39. The Bertz CT molecular complexity index is 1060. The fourth-order valence-electron chi connectivity index (χ4n) is 4.06. The molecule has 1 aromatic heterocycles. The summed E-state index contributed by atoms with van der Waals surface area (Å²) in [6.45, 7) is 1.09.